The Morgan fingerprint density at radius 2 is 1.79 bits per heavy atom. The fraction of sp³-hybridized carbons (Fsp3) is 0.222. The molecule has 0 aromatic heterocycles. The van der Waals surface area contributed by atoms with E-state index >= 15 is 0 Å². The molecule has 0 radical (unpaired) electrons. The number of ether oxygens (including phenoxy) is 1. The number of amides is 2. The van der Waals surface area contributed by atoms with Gasteiger partial charge in [0.15, 0.2) is 0 Å². The first-order chi connectivity index (χ1) is 13.1. The molecule has 0 bridgehead atoms. The lowest BCUT2D eigenvalue weighted by atomic mass is 10.1. The highest BCUT2D eigenvalue weighted by Gasteiger charge is 2.30. The summed E-state index contributed by atoms with van der Waals surface area (Å²) in [4.78, 5) is 23.9. The van der Waals surface area contributed by atoms with Crippen LogP contribution >= 0.6 is 11.6 Å². The number of anilines is 1. The Balaban J connectivity index is 1.94. The predicted molar refractivity (Wildman–Crippen MR) is 96.0 cm³/mol. The quantitative estimate of drug-likeness (QED) is 0.653. The summed E-state index contributed by atoms with van der Waals surface area (Å²) in [7, 11) is 1.37. The molecule has 0 saturated carbocycles. The second-order valence-electron chi connectivity index (χ2n) is 5.64. The number of methoxy groups -OCH3 is 1. The van der Waals surface area contributed by atoms with Gasteiger partial charge in [0.2, 0.25) is 0 Å². The normalized spacial score (nSPS) is 12.2. The van der Waals surface area contributed by atoms with Crippen molar-refractivity contribution in [2.45, 2.75) is 12.3 Å². The van der Waals surface area contributed by atoms with E-state index in [1.807, 2.05) is 0 Å². The Morgan fingerprint density at radius 3 is 2.36 bits per heavy atom. The third-order valence-corrected chi connectivity index (χ3v) is 3.93. The Kier molecular flexibility index (Phi) is 6.87. The number of aliphatic hydroxyl groups excluding tert-OH is 1. The second-order valence-corrected chi connectivity index (χ2v) is 6.08. The molecule has 6 nitrogen and oxygen atoms in total. The van der Waals surface area contributed by atoms with Crippen LogP contribution in [0.5, 0.6) is 5.75 Å². The molecule has 2 amide bonds. The third kappa shape index (κ3) is 5.61. The van der Waals surface area contributed by atoms with Gasteiger partial charge >= 0.3 is 18.0 Å². The average Bonchev–Trinajstić information content (AvgIpc) is 2.65. The van der Waals surface area contributed by atoms with Gasteiger partial charge in [0.25, 0.3) is 0 Å². The summed E-state index contributed by atoms with van der Waals surface area (Å²) in [6, 6.07) is 8.26. The van der Waals surface area contributed by atoms with Gasteiger partial charge in [0.1, 0.15) is 5.75 Å². The van der Waals surface area contributed by atoms with Gasteiger partial charge in [-0.1, -0.05) is 23.7 Å². The lowest BCUT2D eigenvalue weighted by molar-refractivity contribution is -0.137. The highest BCUT2D eigenvalue weighted by atomic mass is 35.5. The van der Waals surface area contributed by atoms with E-state index in [-0.39, 0.29) is 23.5 Å². The van der Waals surface area contributed by atoms with E-state index in [0.29, 0.717) is 5.02 Å². The number of carbonyl (C=O) groups is 2. The molecule has 150 valence electrons. The monoisotopic (exact) mass is 416 g/mol. The molecule has 0 aliphatic carbocycles. The Labute approximate surface area is 163 Å². The molecule has 10 heteroatoms. The second kappa shape index (κ2) is 8.94. The van der Waals surface area contributed by atoms with Crippen LogP contribution in [0, 0.1) is 0 Å². The van der Waals surface area contributed by atoms with Gasteiger partial charge in [-0.05, 0) is 35.9 Å². The molecule has 1 atom stereocenters. The van der Waals surface area contributed by atoms with E-state index in [1.54, 1.807) is 0 Å². The molecule has 0 saturated heterocycles. The summed E-state index contributed by atoms with van der Waals surface area (Å²) in [6.45, 7) is -0.371. The van der Waals surface area contributed by atoms with Crippen molar-refractivity contribution in [3.8, 4) is 5.75 Å². The Bertz CT molecular complexity index is 857. The summed E-state index contributed by atoms with van der Waals surface area (Å²) >= 11 is 5.84. The van der Waals surface area contributed by atoms with Gasteiger partial charge in [-0.25, -0.2) is 0 Å². The predicted octanol–water partition coefficient (Wildman–Crippen LogP) is 3.16. The van der Waals surface area contributed by atoms with Crippen molar-refractivity contribution in [2.24, 2.45) is 0 Å². The van der Waals surface area contributed by atoms with Crippen LogP contribution in [0.15, 0.2) is 42.5 Å². The highest BCUT2D eigenvalue weighted by Crippen LogP contribution is 2.30. The number of benzene rings is 2. The number of aliphatic hydroxyl groups is 1. The van der Waals surface area contributed by atoms with Crippen molar-refractivity contribution in [2.75, 3.05) is 19.0 Å². The number of rotatable bonds is 5. The number of carbonyl (C=O) groups excluding carboxylic acids is 2. The van der Waals surface area contributed by atoms with Crippen molar-refractivity contribution >= 4 is 29.1 Å². The van der Waals surface area contributed by atoms with E-state index in [9.17, 15) is 27.9 Å². The van der Waals surface area contributed by atoms with Crippen LogP contribution in [-0.4, -0.2) is 30.6 Å². The van der Waals surface area contributed by atoms with Crippen LogP contribution in [0.3, 0.4) is 0 Å². The van der Waals surface area contributed by atoms with E-state index in [4.69, 9.17) is 16.3 Å². The van der Waals surface area contributed by atoms with Gasteiger partial charge in [-0.2, -0.15) is 13.2 Å². The van der Waals surface area contributed by atoms with Crippen LogP contribution in [0.1, 0.15) is 17.2 Å². The summed E-state index contributed by atoms with van der Waals surface area (Å²) in [5.41, 5.74) is -0.522. The minimum absolute atomic E-state index is 0.158. The maximum absolute atomic E-state index is 12.5. The van der Waals surface area contributed by atoms with Gasteiger partial charge in [-0.15, -0.1) is 0 Å². The number of alkyl halides is 3. The highest BCUT2D eigenvalue weighted by molar-refractivity contribution is 6.40. The van der Waals surface area contributed by atoms with Crippen LogP contribution in [-0.2, 0) is 15.8 Å². The third-order valence-electron chi connectivity index (χ3n) is 3.69. The fourth-order valence-corrected chi connectivity index (χ4v) is 2.41. The minimum atomic E-state index is -4.49. The molecule has 0 fully saturated rings. The molecule has 0 heterocycles. The summed E-state index contributed by atoms with van der Waals surface area (Å²) in [5, 5.41) is 14.8. The first-order valence-corrected chi connectivity index (χ1v) is 8.27. The first kappa shape index (κ1) is 21.5. The molecule has 3 N–H and O–H groups in total. The Morgan fingerprint density at radius 1 is 1.14 bits per heavy atom. The van der Waals surface area contributed by atoms with Gasteiger partial charge in [0, 0.05) is 11.6 Å². The zero-order valence-corrected chi connectivity index (χ0v) is 15.3. The molecule has 0 aliphatic heterocycles. The molecule has 28 heavy (non-hydrogen) atoms. The standard InChI is InChI=1S/C18H16ClF3N2O4/c1-28-15-7-6-12(19)8-13(15)24-17(27)16(26)23-9-14(25)10-2-4-11(5-3-10)18(20,21)22/h2-8,14,25H,9H2,1H3,(H,23,26)(H,24,27). The SMILES string of the molecule is COc1ccc(Cl)cc1NC(=O)C(=O)NCC(O)c1ccc(C(F)(F)F)cc1. The average molecular weight is 417 g/mol. The van der Waals surface area contributed by atoms with Crippen molar-refractivity contribution in [3.05, 3.63) is 58.6 Å². The lowest BCUT2D eigenvalue weighted by Gasteiger charge is -2.14. The number of halogens is 4. The Hall–Kier alpha value is -2.78. The minimum Gasteiger partial charge on any atom is -0.495 e. The van der Waals surface area contributed by atoms with Crippen LogP contribution in [0.2, 0.25) is 5.02 Å². The molecule has 2 aromatic rings. The largest absolute Gasteiger partial charge is 0.495 e. The zero-order valence-electron chi connectivity index (χ0n) is 14.5. The number of hydrogen-bond acceptors (Lipinski definition) is 4. The van der Waals surface area contributed by atoms with E-state index in [1.165, 1.54) is 25.3 Å². The van der Waals surface area contributed by atoms with Gasteiger partial charge < -0.3 is 20.5 Å². The van der Waals surface area contributed by atoms with Gasteiger partial charge in [0.05, 0.1) is 24.5 Å². The molecular formula is C18H16ClF3N2O4. The summed E-state index contributed by atoms with van der Waals surface area (Å²) in [6.07, 6.45) is -5.78. The fourth-order valence-electron chi connectivity index (χ4n) is 2.24. The molecule has 0 spiro atoms. The van der Waals surface area contributed by atoms with E-state index < -0.39 is 29.7 Å². The van der Waals surface area contributed by atoms with Gasteiger partial charge in [-0.3, -0.25) is 9.59 Å². The van der Waals surface area contributed by atoms with E-state index in [2.05, 4.69) is 10.6 Å². The zero-order chi connectivity index (χ0) is 20.9. The van der Waals surface area contributed by atoms with Crippen LogP contribution in [0.25, 0.3) is 0 Å². The topological polar surface area (TPSA) is 87.7 Å². The van der Waals surface area contributed by atoms with Crippen molar-refractivity contribution < 1.29 is 32.6 Å². The molecule has 2 aromatic carbocycles. The molecule has 0 aliphatic rings. The smallest absolute Gasteiger partial charge is 0.416 e. The summed E-state index contributed by atoms with van der Waals surface area (Å²) in [5.74, 6) is -1.79. The van der Waals surface area contributed by atoms with E-state index in [0.717, 1.165) is 24.3 Å². The summed E-state index contributed by atoms with van der Waals surface area (Å²) < 4.78 is 42.7. The molecule has 1 unspecified atom stereocenters. The van der Waals surface area contributed by atoms with Crippen molar-refractivity contribution in [1.82, 2.24) is 5.32 Å². The number of nitrogens with one attached hydrogen (secondary N) is 2. The number of hydrogen-bond donors (Lipinski definition) is 3. The van der Waals surface area contributed by atoms with Crippen molar-refractivity contribution in [1.29, 1.82) is 0 Å². The molecule has 2 rings (SSSR count). The first-order valence-electron chi connectivity index (χ1n) is 7.89. The lowest BCUT2D eigenvalue weighted by Crippen LogP contribution is -2.37. The van der Waals surface area contributed by atoms with Crippen LogP contribution in [0.4, 0.5) is 18.9 Å². The van der Waals surface area contributed by atoms with Crippen molar-refractivity contribution in [3.63, 3.8) is 0 Å². The maximum Gasteiger partial charge on any atom is 0.416 e. The maximum atomic E-state index is 12.5. The molecular weight excluding hydrogens is 401 g/mol. The van der Waals surface area contributed by atoms with Crippen LogP contribution < -0.4 is 15.4 Å².